The SMILES string of the molecule is C/C(=N\P(=O)(c1cc(C)cc(C)c1)c1cc(C)cc(C)c1)c1ccc(Br)cc1. The Balaban J connectivity index is 2.26. The third-order valence-electron chi connectivity index (χ3n) is 4.67. The van der Waals surface area contributed by atoms with Gasteiger partial charge in [0.1, 0.15) is 0 Å². The van der Waals surface area contributed by atoms with Gasteiger partial charge in [-0.15, -0.1) is 0 Å². The Bertz CT molecular complexity index is 1000. The van der Waals surface area contributed by atoms with E-state index in [1.807, 2.05) is 83.1 Å². The molecule has 0 aliphatic rings. The average Bonchev–Trinajstić information content (AvgIpc) is 2.60. The van der Waals surface area contributed by atoms with Crippen molar-refractivity contribution >= 4 is 39.5 Å². The Morgan fingerprint density at radius 1 is 0.750 bits per heavy atom. The molecular formula is C24H25BrNOP. The van der Waals surface area contributed by atoms with E-state index in [0.29, 0.717) is 0 Å². The molecule has 0 amide bonds. The quantitative estimate of drug-likeness (QED) is 0.330. The summed E-state index contributed by atoms with van der Waals surface area (Å²) in [7, 11) is -3.19. The summed E-state index contributed by atoms with van der Waals surface area (Å²) < 4.78 is 20.4. The highest BCUT2D eigenvalue weighted by atomic mass is 79.9. The zero-order valence-corrected chi connectivity index (χ0v) is 19.4. The summed E-state index contributed by atoms with van der Waals surface area (Å²) in [5, 5.41) is 1.57. The molecule has 3 rings (SSSR count). The third kappa shape index (κ3) is 4.54. The van der Waals surface area contributed by atoms with Gasteiger partial charge in [-0.25, -0.2) is 4.76 Å². The van der Waals surface area contributed by atoms with Gasteiger partial charge in [-0.05, 0) is 76.6 Å². The highest BCUT2D eigenvalue weighted by Gasteiger charge is 2.28. The fraction of sp³-hybridized carbons (Fsp3) is 0.208. The zero-order valence-electron chi connectivity index (χ0n) is 17.0. The van der Waals surface area contributed by atoms with E-state index in [9.17, 15) is 4.57 Å². The van der Waals surface area contributed by atoms with Crippen molar-refractivity contribution in [2.75, 3.05) is 0 Å². The minimum atomic E-state index is -3.19. The maximum atomic E-state index is 14.5. The average molecular weight is 454 g/mol. The molecule has 0 heterocycles. The van der Waals surface area contributed by atoms with Crippen molar-refractivity contribution in [3.8, 4) is 0 Å². The van der Waals surface area contributed by atoms with E-state index in [1.165, 1.54) is 0 Å². The summed E-state index contributed by atoms with van der Waals surface area (Å²) in [5.41, 5.74) is 6.12. The smallest absolute Gasteiger partial charge is 0.247 e. The molecule has 0 N–H and O–H groups in total. The predicted octanol–water partition coefficient (Wildman–Crippen LogP) is 6.42. The first-order valence-electron chi connectivity index (χ1n) is 9.28. The van der Waals surface area contributed by atoms with Crippen molar-refractivity contribution < 1.29 is 4.57 Å². The van der Waals surface area contributed by atoms with Crippen LogP contribution < -0.4 is 10.6 Å². The predicted molar refractivity (Wildman–Crippen MR) is 125 cm³/mol. The van der Waals surface area contributed by atoms with Crippen LogP contribution in [0.4, 0.5) is 0 Å². The first-order valence-corrected chi connectivity index (χ1v) is 11.7. The van der Waals surface area contributed by atoms with Crippen molar-refractivity contribution in [3.05, 3.63) is 93.0 Å². The number of hydrogen-bond acceptors (Lipinski definition) is 1. The van der Waals surface area contributed by atoms with Gasteiger partial charge >= 0.3 is 0 Å². The number of halogens is 1. The lowest BCUT2D eigenvalue weighted by molar-refractivity contribution is 0.588. The molecule has 0 aliphatic heterocycles. The highest BCUT2D eigenvalue weighted by Crippen LogP contribution is 2.46. The summed E-state index contributed by atoms with van der Waals surface area (Å²) >= 11 is 3.47. The molecule has 0 radical (unpaired) electrons. The summed E-state index contributed by atoms with van der Waals surface area (Å²) in [4.78, 5) is 0. The fourth-order valence-corrected chi connectivity index (χ4v) is 6.32. The molecule has 144 valence electrons. The van der Waals surface area contributed by atoms with E-state index in [-0.39, 0.29) is 0 Å². The highest BCUT2D eigenvalue weighted by molar-refractivity contribution is 9.10. The summed E-state index contributed by atoms with van der Waals surface area (Å²) in [6.07, 6.45) is 0. The molecule has 0 spiro atoms. The van der Waals surface area contributed by atoms with Gasteiger partial charge in [0, 0.05) is 20.8 Å². The Kier molecular flexibility index (Phi) is 6.07. The van der Waals surface area contributed by atoms with E-state index < -0.39 is 7.29 Å². The van der Waals surface area contributed by atoms with Crippen LogP contribution in [0.25, 0.3) is 0 Å². The second-order valence-corrected chi connectivity index (χ2v) is 10.8. The standard InChI is InChI=1S/C24H25BrNOP/c1-16-10-17(2)13-23(12-16)28(27,24-14-18(3)11-19(4)15-24)26-20(5)21-6-8-22(25)9-7-21/h6-15H,1-5H3/b26-20+. The Morgan fingerprint density at radius 3 is 1.54 bits per heavy atom. The first kappa shape index (κ1) is 20.8. The van der Waals surface area contributed by atoms with Gasteiger partial charge in [0.15, 0.2) is 0 Å². The molecule has 0 saturated carbocycles. The van der Waals surface area contributed by atoms with Crippen LogP contribution in [0.1, 0.15) is 34.7 Å². The summed E-state index contributed by atoms with van der Waals surface area (Å²) in [5.74, 6) is 0. The van der Waals surface area contributed by atoms with Gasteiger partial charge in [-0.2, -0.15) is 0 Å². The number of nitrogens with zero attached hydrogens (tertiary/aromatic N) is 1. The summed E-state index contributed by atoms with van der Waals surface area (Å²) in [6.45, 7) is 10.1. The lowest BCUT2D eigenvalue weighted by Crippen LogP contribution is -2.17. The van der Waals surface area contributed by atoms with Crippen molar-refractivity contribution in [1.82, 2.24) is 0 Å². The van der Waals surface area contributed by atoms with Crippen LogP contribution in [-0.4, -0.2) is 5.71 Å². The van der Waals surface area contributed by atoms with Gasteiger partial charge in [0.2, 0.25) is 7.29 Å². The monoisotopic (exact) mass is 453 g/mol. The minimum Gasteiger partial charge on any atom is -0.288 e. The minimum absolute atomic E-state index is 0.772. The molecule has 0 atom stereocenters. The van der Waals surface area contributed by atoms with Crippen molar-refractivity contribution in [2.45, 2.75) is 34.6 Å². The van der Waals surface area contributed by atoms with Gasteiger partial charge < -0.3 is 0 Å². The molecule has 4 heteroatoms. The molecule has 2 nitrogen and oxygen atoms in total. The number of aryl methyl sites for hydroxylation is 4. The van der Waals surface area contributed by atoms with Gasteiger partial charge in [-0.3, -0.25) is 4.57 Å². The molecule has 28 heavy (non-hydrogen) atoms. The largest absolute Gasteiger partial charge is 0.288 e. The van der Waals surface area contributed by atoms with Gasteiger partial charge in [0.25, 0.3) is 0 Å². The van der Waals surface area contributed by atoms with Gasteiger partial charge in [0.05, 0.1) is 0 Å². The molecule has 3 aromatic rings. The molecule has 0 aliphatic carbocycles. The van der Waals surface area contributed by atoms with Crippen molar-refractivity contribution in [1.29, 1.82) is 0 Å². The maximum absolute atomic E-state index is 14.5. The first-order chi connectivity index (χ1) is 13.2. The number of hydrogen-bond donors (Lipinski definition) is 0. The lowest BCUT2D eigenvalue weighted by Gasteiger charge is -2.19. The fourth-order valence-electron chi connectivity index (χ4n) is 3.48. The van der Waals surface area contributed by atoms with Crippen LogP contribution in [0.15, 0.2) is 69.9 Å². The van der Waals surface area contributed by atoms with Crippen LogP contribution in [0, 0.1) is 27.7 Å². The second-order valence-electron chi connectivity index (χ2n) is 7.46. The van der Waals surface area contributed by atoms with Crippen LogP contribution >= 0.6 is 23.2 Å². The second kappa shape index (κ2) is 8.19. The summed E-state index contributed by atoms with van der Waals surface area (Å²) in [6, 6.07) is 20.2. The maximum Gasteiger partial charge on any atom is 0.247 e. The molecule has 0 saturated heterocycles. The molecular weight excluding hydrogens is 429 g/mol. The Labute approximate surface area is 176 Å². The van der Waals surface area contributed by atoms with Crippen molar-refractivity contribution in [3.63, 3.8) is 0 Å². The topological polar surface area (TPSA) is 29.4 Å². The molecule has 3 aromatic carbocycles. The number of rotatable bonds is 4. The molecule has 0 fully saturated rings. The van der Waals surface area contributed by atoms with Crippen molar-refractivity contribution in [2.24, 2.45) is 4.76 Å². The van der Waals surface area contributed by atoms with E-state index in [2.05, 4.69) is 28.1 Å². The molecule has 0 unspecified atom stereocenters. The Morgan fingerprint density at radius 2 is 1.14 bits per heavy atom. The van der Waals surface area contributed by atoms with Gasteiger partial charge in [-0.1, -0.05) is 62.4 Å². The molecule has 0 bridgehead atoms. The Hall–Kier alpha value is -1.96. The molecule has 0 aromatic heterocycles. The van der Waals surface area contributed by atoms with E-state index in [4.69, 9.17) is 4.76 Å². The number of benzene rings is 3. The zero-order chi connectivity index (χ0) is 20.5. The lowest BCUT2D eigenvalue weighted by atomic mass is 10.1. The van der Waals surface area contributed by atoms with Crippen LogP contribution in [0.2, 0.25) is 0 Å². The van der Waals surface area contributed by atoms with Crippen LogP contribution in [0.5, 0.6) is 0 Å². The third-order valence-corrected chi connectivity index (χ3v) is 7.69. The van der Waals surface area contributed by atoms with E-state index in [0.717, 1.165) is 48.6 Å². The van der Waals surface area contributed by atoms with E-state index >= 15 is 0 Å². The normalized spacial score (nSPS) is 12.3. The van der Waals surface area contributed by atoms with Crippen LogP contribution in [0.3, 0.4) is 0 Å². The van der Waals surface area contributed by atoms with Crippen LogP contribution in [-0.2, 0) is 4.57 Å². The van der Waals surface area contributed by atoms with E-state index in [1.54, 1.807) is 0 Å².